The van der Waals surface area contributed by atoms with Crippen molar-refractivity contribution in [1.29, 1.82) is 0 Å². The van der Waals surface area contributed by atoms with Crippen molar-refractivity contribution in [2.75, 3.05) is 5.32 Å². The Morgan fingerprint density at radius 3 is 2.48 bits per heavy atom. The number of carbonyl (C=O) groups is 2. The number of nitrogens with one attached hydrogen (secondary N) is 2. The summed E-state index contributed by atoms with van der Waals surface area (Å²) in [6, 6.07) is 12.9. The topological polar surface area (TPSA) is 71.1 Å². The van der Waals surface area contributed by atoms with E-state index in [9.17, 15) is 9.59 Å². The van der Waals surface area contributed by atoms with E-state index in [-0.39, 0.29) is 11.8 Å². The van der Waals surface area contributed by atoms with E-state index in [2.05, 4.69) is 31.5 Å². The highest BCUT2D eigenvalue weighted by molar-refractivity contribution is 9.10. The summed E-state index contributed by atoms with van der Waals surface area (Å²) >= 11 is 3.39. The van der Waals surface area contributed by atoms with Gasteiger partial charge in [0, 0.05) is 10.7 Å². The molecular formula is C17H16BrN3O2. The van der Waals surface area contributed by atoms with Crippen LogP contribution in [0.5, 0.6) is 0 Å². The summed E-state index contributed by atoms with van der Waals surface area (Å²) in [4.78, 5) is 29.1. The number of aromatic nitrogens is 1. The van der Waals surface area contributed by atoms with Crippen LogP contribution >= 0.6 is 15.9 Å². The fraction of sp³-hybridized carbons (Fsp3) is 0.235. The molecule has 0 aliphatic heterocycles. The van der Waals surface area contributed by atoms with E-state index in [0.29, 0.717) is 25.1 Å². The average Bonchev–Trinajstić information content (AvgIpc) is 3.38. The first kappa shape index (κ1) is 15.7. The molecule has 5 nitrogen and oxygen atoms in total. The smallest absolute Gasteiger partial charge is 0.240 e. The van der Waals surface area contributed by atoms with Gasteiger partial charge < -0.3 is 10.6 Å². The summed E-state index contributed by atoms with van der Waals surface area (Å²) in [5, 5.41) is 5.64. The Morgan fingerprint density at radius 2 is 1.83 bits per heavy atom. The van der Waals surface area contributed by atoms with Crippen molar-refractivity contribution in [3.63, 3.8) is 0 Å². The third-order valence-electron chi connectivity index (χ3n) is 3.90. The van der Waals surface area contributed by atoms with E-state index >= 15 is 0 Å². The van der Waals surface area contributed by atoms with Crippen LogP contribution in [-0.4, -0.2) is 16.8 Å². The van der Waals surface area contributed by atoms with Crippen molar-refractivity contribution in [1.82, 2.24) is 10.3 Å². The van der Waals surface area contributed by atoms with Gasteiger partial charge in [-0.2, -0.15) is 0 Å². The Balaban J connectivity index is 1.63. The molecule has 1 aliphatic carbocycles. The highest BCUT2D eigenvalue weighted by Crippen LogP contribution is 2.47. The minimum Gasteiger partial charge on any atom is -0.350 e. The molecule has 0 radical (unpaired) electrons. The predicted octanol–water partition coefficient (Wildman–Crippen LogP) is 2.88. The molecule has 0 bridgehead atoms. The lowest BCUT2D eigenvalue weighted by Gasteiger charge is -2.16. The van der Waals surface area contributed by atoms with Gasteiger partial charge in [-0.1, -0.05) is 18.2 Å². The molecular weight excluding hydrogens is 358 g/mol. The molecule has 1 fully saturated rings. The van der Waals surface area contributed by atoms with Crippen LogP contribution in [0.3, 0.4) is 0 Å². The maximum Gasteiger partial charge on any atom is 0.240 e. The zero-order valence-electron chi connectivity index (χ0n) is 12.4. The van der Waals surface area contributed by atoms with Gasteiger partial charge >= 0.3 is 0 Å². The van der Waals surface area contributed by atoms with E-state index in [1.54, 1.807) is 12.3 Å². The molecule has 0 atom stereocenters. The normalized spacial score (nSPS) is 14.8. The molecule has 2 aromatic rings. The molecule has 1 heterocycles. The lowest BCUT2D eigenvalue weighted by molar-refractivity contribution is -0.134. The van der Waals surface area contributed by atoms with Crippen LogP contribution in [0.2, 0.25) is 0 Å². The van der Waals surface area contributed by atoms with Gasteiger partial charge in [0.1, 0.15) is 5.41 Å². The molecule has 1 aromatic carbocycles. The molecule has 0 unspecified atom stereocenters. The first-order chi connectivity index (χ1) is 11.1. The summed E-state index contributed by atoms with van der Waals surface area (Å²) in [5.74, 6) is -0.504. The SMILES string of the molecule is O=C(NCc1ccccn1)C1(C(=O)Nc2ccccc2Br)CC1. The Bertz CT molecular complexity index is 730. The van der Waals surface area contributed by atoms with Gasteiger partial charge in [0.2, 0.25) is 11.8 Å². The predicted molar refractivity (Wildman–Crippen MR) is 90.5 cm³/mol. The monoisotopic (exact) mass is 373 g/mol. The molecule has 1 aliphatic rings. The largest absolute Gasteiger partial charge is 0.350 e. The van der Waals surface area contributed by atoms with Crippen LogP contribution in [-0.2, 0) is 16.1 Å². The Kier molecular flexibility index (Phi) is 4.43. The van der Waals surface area contributed by atoms with Gasteiger partial charge in [-0.25, -0.2) is 0 Å². The zero-order valence-corrected chi connectivity index (χ0v) is 14.0. The second-order valence-corrected chi connectivity index (χ2v) is 6.37. The number of rotatable bonds is 5. The van der Waals surface area contributed by atoms with E-state index in [4.69, 9.17) is 0 Å². The molecule has 1 aromatic heterocycles. The maximum absolute atomic E-state index is 12.5. The summed E-state index contributed by atoms with van der Waals surface area (Å²) in [5.41, 5.74) is 0.480. The van der Waals surface area contributed by atoms with Crippen LogP contribution < -0.4 is 10.6 Å². The van der Waals surface area contributed by atoms with Gasteiger partial charge in [-0.3, -0.25) is 14.6 Å². The number of halogens is 1. The number of amides is 2. The first-order valence-electron chi connectivity index (χ1n) is 7.36. The number of hydrogen-bond acceptors (Lipinski definition) is 3. The van der Waals surface area contributed by atoms with E-state index in [1.165, 1.54) is 0 Å². The lowest BCUT2D eigenvalue weighted by Crippen LogP contribution is -2.39. The van der Waals surface area contributed by atoms with Crippen LogP contribution in [0.25, 0.3) is 0 Å². The van der Waals surface area contributed by atoms with Gasteiger partial charge in [-0.15, -0.1) is 0 Å². The second kappa shape index (κ2) is 6.50. The number of hydrogen-bond donors (Lipinski definition) is 2. The standard InChI is InChI=1S/C17H16BrN3O2/c18-13-6-1-2-7-14(13)21-16(23)17(8-9-17)15(22)20-11-12-5-3-4-10-19-12/h1-7,10H,8-9,11H2,(H,20,22)(H,21,23). The third-order valence-corrected chi connectivity index (χ3v) is 4.59. The van der Waals surface area contributed by atoms with Crippen molar-refractivity contribution in [3.05, 3.63) is 58.8 Å². The van der Waals surface area contributed by atoms with Crippen molar-refractivity contribution in [3.8, 4) is 0 Å². The molecule has 1 saturated carbocycles. The molecule has 23 heavy (non-hydrogen) atoms. The number of benzene rings is 1. The van der Waals surface area contributed by atoms with E-state index in [1.807, 2.05) is 36.4 Å². The van der Waals surface area contributed by atoms with Crippen LogP contribution in [0.4, 0.5) is 5.69 Å². The molecule has 2 amide bonds. The van der Waals surface area contributed by atoms with Crippen molar-refractivity contribution >= 4 is 33.4 Å². The molecule has 0 saturated heterocycles. The minimum atomic E-state index is -0.954. The number of pyridine rings is 1. The Morgan fingerprint density at radius 1 is 1.09 bits per heavy atom. The third kappa shape index (κ3) is 3.42. The number of nitrogens with zero attached hydrogens (tertiary/aromatic N) is 1. The minimum absolute atomic E-state index is 0.243. The fourth-order valence-electron chi connectivity index (χ4n) is 2.33. The van der Waals surface area contributed by atoms with Gasteiger partial charge in [-0.05, 0) is 53.0 Å². The van der Waals surface area contributed by atoms with Crippen molar-refractivity contribution in [2.45, 2.75) is 19.4 Å². The van der Waals surface area contributed by atoms with Crippen LogP contribution in [0.15, 0.2) is 53.1 Å². The van der Waals surface area contributed by atoms with Crippen LogP contribution in [0, 0.1) is 5.41 Å². The molecule has 0 spiro atoms. The summed E-state index contributed by atoms with van der Waals surface area (Å²) in [7, 11) is 0. The van der Waals surface area contributed by atoms with E-state index < -0.39 is 5.41 Å². The molecule has 2 N–H and O–H groups in total. The number of carbonyl (C=O) groups excluding carboxylic acids is 2. The summed E-state index contributed by atoms with van der Waals surface area (Å²) in [6.45, 7) is 0.323. The first-order valence-corrected chi connectivity index (χ1v) is 8.15. The van der Waals surface area contributed by atoms with Crippen molar-refractivity contribution in [2.24, 2.45) is 5.41 Å². The van der Waals surface area contributed by atoms with Crippen LogP contribution in [0.1, 0.15) is 18.5 Å². The highest BCUT2D eigenvalue weighted by Gasteiger charge is 2.56. The second-order valence-electron chi connectivity index (χ2n) is 5.52. The van der Waals surface area contributed by atoms with E-state index in [0.717, 1.165) is 10.2 Å². The Labute approximate surface area is 142 Å². The van der Waals surface area contributed by atoms with Gasteiger partial charge in [0.25, 0.3) is 0 Å². The maximum atomic E-state index is 12.5. The molecule has 118 valence electrons. The fourth-order valence-corrected chi connectivity index (χ4v) is 2.71. The van der Waals surface area contributed by atoms with Crippen molar-refractivity contribution < 1.29 is 9.59 Å². The lowest BCUT2D eigenvalue weighted by atomic mass is 10.0. The number of para-hydroxylation sites is 1. The average molecular weight is 374 g/mol. The Hall–Kier alpha value is -2.21. The molecule has 6 heteroatoms. The summed E-state index contributed by atoms with van der Waals surface area (Å²) in [6.07, 6.45) is 2.81. The molecule has 3 rings (SSSR count). The summed E-state index contributed by atoms with van der Waals surface area (Å²) < 4.78 is 0.790. The number of anilines is 1. The zero-order chi connectivity index (χ0) is 16.3. The van der Waals surface area contributed by atoms with Gasteiger partial charge in [0.15, 0.2) is 0 Å². The highest BCUT2D eigenvalue weighted by atomic mass is 79.9. The quantitative estimate of drug-likeness (QED) is 0.791. The van der Waals surface area contributed by atoms with Gasteiger partial charge in [0.05, 0.1) is 17.9 Å².